The number of rotatable bonds is 1. The van der Waals surface area contributed by atoms with Gasteiger partial charge in [0.05, 0.1) is 5.69 Å². The predicted octanol–water partition coefficient (Wildman–Crippen LogP) is 1.31. The Bertz CT molecular complexity index is 275. The maximum Gasteiger partial charge on any atom is 0.214 e. The molecule has 0 amide bonds. The molecule has 2 rings (SSSR count). The van der Waals surface area contributed by atoms with Gasteiger partial charge in [0, 0.05) is 12.0 Å². The van der Waals surface area contributed by atoms with Crippen molar-refractivity contribution in [2.24, 2.45) is 5.92 Å². The van der Waals surface area contributed by atoms with Crippen LogP contribution in [0.15, 0.2) is 12.4 Å². The maximum absolute atomic E-state index is 9.02. The van der Waals surface area contributed by atoms with E-state index >= 15 is 0 Å². The minimum atomic E-state index is 0.0779. The topological polar surface area (TPSA) is 46.0 Å². The summed E-state index contributed by atoms with van der Waals surface area (Å²) < 4.78 is 0. The summed E-state index contributed by atoms with van der Waals surface area (Å²) >= 11 is 0. The quantitative estimate of drug-likeness (QED) is 0.656. The van der Waals surface area contributed by atoms with Gasteiger partial charge in [0.25, 0.3) is 0 Å². The van der Waals surface area contributed by atoms with Gasteiger partial charge in [-0.05, 0) is 12.3 Å². The smallest absolute Gasteiger partial charge is 0.214 e. The van der Waals surface area contributed by atoms with Crippen LogP contribution < -0.4 is 0 Å². The molecule has 2 atom stereocenters. The lowest BCUT2D eigenvalue weighted by atomic mass is 10.2. The fraction of sp³-hybridized carbons (Fsp3) is 0.500. The number of aromatic nitrogens is 2. The average Bonchev–Trinajstić information content (AvgIpc) is 2.67. The summed E-state index contributed by atoms with van der Waals surface area (Å²) in [6.45, 7) is 2.18. The second-order valence-corrected chi connectivity index (χ2v) is 3.12. The largest absolute Gasteiger partial charge is 0.493 e. The zero-order valence-corrected chi connectivity index (χ0v) is 6.36. The molecule has 1 aliphatic carbocycles. The van der Waals surface area contributed by atoms with Crippen molar-refractivity contribution < 1.29 is 5.11 Å². The molecule has 1 aromatic rings. The zero-order chi connectivity index (χ0) is 7.84. The third kappa shape index (κ3) is 1.18. The van der Waals surface area contributed by atoms with E-state index in [2.05, 4.69) is 16.9 Å². The lowest BCUT2D eigenvalue weighted by molar-refractivity contribution is 0.450. The summed E-state index contributed by atoms with van der Waals surface area (Å²) in [5.74, 6) is 1.36. The summed E-state index contributed by atoms with van der Waals surface area (Å²) in [6, 6.07) is 1.65. The van der Waals surface area contributed by atoms with Crippen LogP contribution in [0.3, 0.4) is 0 Å². The van der Waals surface area contributed by atoms with E-state index in [9.17, 15) is 0 Å². The number of aromatic hydroxyl groups is 1. The lowest BCUT2D eigenvalue weighted by Gasteiger charge is -1.95. The van der Waals surface area contributed by atoms with Gasteiger partial charge in [0.1, 0.15) is 6.33 Å². The Morgan fingerprint density at radius 1 is 1.55 bits per heavy atom. The number of hydrogen-bond acceptors (Lipinski definition) is 3. The summed E-state index contributed by atoms with van der Waals surface area (Å²) in [6.07, 6.45) is 2.60. The molecule has 1 aromatic heterocycles. The van der Waals surface area contributed by atoms with E-state index in [0.717, 1.165) is 11.6 Å². The van der Waals surface area contributed by atoms with Crippen LogP contribution in [-0.4, -0.2) is 15.1 Å². The molecule has 0 aliphatic heterocycles. The van der Waals surface area contributed by atoms with Gasteiger partial charge in [-0.3, -0.25) is 0 Å². The second kappa shape index (κ2) is 2.19. The molecular formula is C8H10N2O. The van der Waals surface area contributed by atoms with Crippen molar-refractivity contribution in [3.05, 3.63) is 18.1 Å². The van der Waals surface area contributed by atoms with Gasteiger partial charge < -0.3 is 5.11 Å². The molecule has 0 saturated heterocycles. The van der Waals surface area contributed by atoms with E-state index in [4.69, 9.17) is 5.11 Å². The first-order chi connectivity index (χ1) is 5.27. The van der Waals surface area contributed by atoms with Crippen LogP contribution in [0, 0.1) is 5.92 Å². The van der Waals surface area contributed by atoms with Crippen LogP contribution in [0.2, 0.25) is 0 Å². The Balaban J connectivity index is 2.25. The molecule has 3 heteroatoms. The second-order valence-electron chi connectivity index (χ2n) is 3.12. The van der Waals surface area contributed by atoms with E-state index in [1.807, 2.05) is 0 Å². The van der Waals surface area contributed by atoms with E-state index < -0.39 is 0 Å². The molecule has 1 saturated carbocycles. The Labute approximate surface area is 65.1 Å². The number of nitrogens with zero attached hydrogens (tertiary/aromatic N) is 2. The standard InChI is InChI=1S/C8H10N2O/c1-5-2-6(5)7-3-8(11)10-4-9-7/h3-6H,2H2,1H3,(H,9,10,11). The van der Waals surface area contributed by atoms with Crippen molar-refractivity contribution >= 4 is 0 Å². The van der Waals surface area contributed by atoms with Crippen LogP contribution in [0.25, 0.3) is 0 Å². The molecule has 0 radical (unpaired) electrons. The van der Waals surface area contributed by atoms with Crippen LogP contribution in [0.1, 0.15) is 25.0 Å². The molecule has 11 heavy (non-hydrogen) atoms. The Hall–Kier alpha value is -1.12. The fourth-order valence-electron chi connectivity index (χ4n) is 1.30. The molecule has 0 bridgehead atoms. The Morgan fingerprint density at radius 3 is 2.82 bits per heavy atom. The monoisotopic (exact) mass is 150 g/mol. The molecule has 3 nitrogen and oxygen atoms in total. The SMILES string of the molecule is CC1CC1c1cc(O)ncn1. The van der Waals surface area contributed by atoms with Crippen molar-refractivity contribution in [1.82, 2.24) is 9.97 Å². The van der Waals surface area contributed by atoms with E-state index in [1.54, 1.807) is 6.07 Å². The fourth-order valence-corrected chi connectivity index (χ4v) is 1.30. The molecule has 1 heterocycles. The molecule has 1 aliphatic rings. The first kappa shape index (κ1) is 6.58. The van der Waals surface area contributed by atoms with E-state index in [-0.39, 0.29) is 5.88 Å². The third-order valence-corrected chi connectivity index (χ3v) is 2.16. The first-order valence-electron chi connectivity index (χ1n) is 3.78. The summed E-state index contributed by atoms with van der Waals surface area (Å²) in [7, 11) is 0. The van der Waals surface area contributed by atoms with Crippen LogP contribution in [0.4, 0.5) is 0 Å². The normalized spacial score (nSPS) is 28.5. The highest BCUT2D eigenvalue weighted by Gasteiger charge is 2.35. The zero-order valence-electron chi connectivity index (χ0n) is 6.36. The van der Waals surface area contributed by atoms with Crippen molar-refractivity contribution in [3.8, 4) is 5.88 Å². The summed E-state index contributed by atoms with van der Waals surface area (Å²) in [5.41, 5.74) is 0.977. The van der Waals surface area contributed by atoms with Crippen LogP contribution >= 0.6 is 0 Å². The molecule has 1 fully saturated rings. The predicted molar refractivity (Wildman–Crippen MR) is 40.2 cm³/mol. The van der Waals surface area contributed by atoms with Crippen molar-refractivity contribution in [1.29, 1.82) is 0 Å². The Kier molecular flexibility index (Phi) is 1.31. The maximum atomic E-state index is 9.02. The van der Waals surface area contributed by atoms with Gasteiger partial charge in [-0.25, -0.2) is 9.97 Å². The van der Waals surface area contributed by atoms with Gasteiger partial charge in [-0.1, -0.05) is 6.92 Å². The number of hydrogen-bond donors (Lipinski definition) is 1. The minimum Gasteiger partial charge on any atom is -0.493 e. The third-order valence-electron chi connectivity index (χ3n) is 2.16. The molecule has 2 unspecified atom stereocenters. The van der Waals surface area contributed by atoms with Gasteiger partial charge in [0.15, 0.2) is 0 Å². The molecular weight excluding hydrogens is 140 g/mol. The average molecular weight is 150 g/mol. The van der Waals surface area contributed by atoms with E-state index in [0.29, 0.717) is 5.92 Å². The molecule has 0 aromatic carbocycles. The van der Waals surface area contributed by atoms with Crippen molar-refractivity contribution in [2.75, 3.05) is 0 Å². The van der Waals surface area contributed by atoms with Crippen LogP contribution in [0.5, 0.6) is 5.88 Å². The van der Waals surface area contributed by atoms with Gasteiger partial charge >= 0.3 is 0 Å². The summed E-state index contributed by atoms with van der Waals surface area (Å²) in [4.78, 5) is 7.70. The van der Waals surface area contributed by atoms with Crippen molar-refractivity contribution in [3.63, 3.8) is 0 Å². The van der Waals surface area contributed by atoms with E-state index in [1.165, 1.54) is 12.7 Å². The van der Waals surface area contributed by atoms with Crippen LogP contribution in [-0.2, 0) is 0 Å². The van der Waals surface area contributed by atoms with Gasteiger partial charge in [-0.15, -0.1) is 0 Å². The molecule has 58 valence electrons. The highest BCUT2D eigenvalue weighted by Crippen LogP contribution is 2.46. The first-order valence-corrected chi connectivity index (χ1v) is 3.78. The Morgan fingerprint density at radius 2 is 2.27 bits per heavy atom. The van der Waals surface area contributed by atoms with Gasteiger partial charge in [0.2, 0.25) is 5.88 Å². The summed E-state index contributed by atoms with van der Waals surface area (Å²) in [5, 5.41) is 9.02. The molecule has 0 spiro atoms. The lowest BCUT2D eigenvalue weighted by Crippen LogP contribution is -1.87. The highest BCUT2D eigenvalue weighted by molar-refractivity contribution is 5.20. The minimum absolute atomic E-state index is 0.0779. The molecule has 1 N–H and O–H groups in total. The van der Waals surface area contributed by atoms with Crippen molar-refractivity contribution in [2.45, 2.75) is 19.3 Å². The van der Waals surface area contributed by atoms with Gasteiger partial charge in [-0.2, -0.15) is 0 Å². The highest BCUT2D eigenvalue weighted by atomic mass is 16.3.